The number of hydrogen-bond acceptors (Lipinski definition) is 9. The quantitative estimate of drug-likeness (QED) is 0.337. The zero-order chi connectivity index (χ0) is 31.0. The summed E-state index contributed by atoms with van der Waals surface area (Å²) in [6, 6.07) is 9.72. The molecule has 0 radical (unpaired) electrons. The number of primary amides is 1. The Morgan fingerprint density at radius 2 is 1.79 bits per heavy atom. The van der Waals surface area contributed by atoms with Gasteiger partial charge in [0.15, 0.2) is 11.4 Å². The number of nitrogens with two attached hydrogens (primary N) is 1. The highest BCUT2D eigenvalue weighted by Crippen LogP contribution is 2.53. The number of fused-ring (bicyclic) bond motifs is 3. The van der Waals surface area contributed by atoms with Crippen molar-refractivity contribution in [3.63, 3.8) is 0 Å². The van der Waals surface area contributed by atoms with Gasteiger partial charge in [0.05, 0.1) is 17.3 Å². The number of Topliss-reactive ketones (excluding diaryl/α,β-unsaturated/α-hetero) is 2. The summed E-state index contributed by atoms with van der Waals surface area (Å²) in [6.07, 6.45) is 2.24. The first-order valence-electron chi connectivity index (χ1n) is 14.2. The van der Waals surface area contributed by atoms with Gasteiger partial charge in [-0.3, -0.25) is 19.3 Å². The lowest BCUT2D eigenvalue weighted by Crippen LogP contribution is -2.63. The molecule has 0 aromatic heterocycles. The topological polar surface area (TPSA) is 177 Å². The van der Waals surface area contributed by atoms with Gasteiger partial charge >= 0.3 is 0 Å². The van der Waals surface area contributed by atoms with Gasteiger partial charge in [-0.15, -0.1) is 0 Å². The number of phenols is 1. The summed E-state index contributed by atoms with van der Waals surface area (Å²) in [5.74, 6) is -5.68. The summed E-state index contributed by atoms with van der Waals surface area (Å²) in [5, 5.41) is 45.0. The fourth-order valence-corrected chi connectivity index (χ4v) is 7.32. The highest BCUT2D eigenvalue weighted by Gasteiger charge is 2.63. The van der Waals surface area contributed by atoms with Gasteiger partial charge in [0.1, 0.15) is 28.7 Å². The highest BCUT2D eigenvalue weighted by molar-refractivity contribution is 6.25. The summed E-state index contributed by atoms with van der Waals surface area (Å²) in [6.45, 7) is 0.974. The number of aliphatic imine (C=N–C) groups is 1. The van der Waals surface area contributed by atoms with Crippen molar-refractivity contribution in [1.29, 1.82) is 0 Å². The van der Waals surface area contributed by atoms with Crippen LogP contribution < -0.4 is 5.73 Å². The summed E-state index contributed by atoms with van der Waals surface area (Å²) < 4.78 is 0. The molecule has 4 atom stereocenters. The molecule has 2 aromatic rings. The zero-order valence-corrected chi connectivity index (χ0v) is 24.2. The van der Waals surface area contributed by atoms with Gasteiger partial charge in [-0.25, -0.2) is 4.99 Å². The van der Waals surface area contributed by atoms with E-state index < -0.39 is 58.0 Å². The number of aliphatic hydroxyl groups is 3. The number of aliphatic hydroxyl groups excluding tert-OH is 2. The average Bonchev–Trinajstić information content (AvgIpc) is 3.35. The smallest absolute Gasteiger partial charge is 0.255 e. The predicted molar refractivity (Wildman–Crippen MR) is 158 cm³/mol. The number of carbonyl (C=O) groups is 3. The molecule has 2 aromatic carbocycles. The molecule has 6 N–H and O–H groups in total. The number of amidine groups is 1. The number of likely N-dealkylation sites (tertiary alicyclic amines) is 1. The zero-order valence-electron chi connectivity index (χ0n) is 24.2. The van der Waals surface area contributed by atoms with E-state index in [4.69, 9.17) is 10.7 Å². The van der Waals surface area contributed by atoms with Crippen LogP contribution in [0, 0.1) is 11.8 Å². The third-order valence-electron chi connectivity index (χ3n) is 9.38. The maximum atomic E-state index is 14.0. The van der Waals surface area contributed by atoms with E-state index in [2.05, 4.69) is 4.90 Å². The van der Waals surface area contributed by atoms with Gasteiger partial charge < -0.3 is 31.1 Å². The maximum absolute atomic E-state index is 14.0. The maximum Gasteiger partial charge on any atom is 0.255 e. The first-order chi connectivity index (χ1) is 20.4. The lowest BCUT2D eigenvalue weighted by molar-refractivity contribution is -0.148. The van der Waals surface area contributed by atoms with Crippen LogP contribution >= 0.6 is 0 Å². The van der Waals surface area contributed by atoms with Crippen molar-refractivity contribution in [2.45, 2.75) is 37.3 Å². The normalized spacial score (nSPS) is 28.0. The van der Waals surface area contributed by atoms with Gasteiger partial charge in [-0.05, 0) is 74.2 Å². The Balaban J connectivity index is 1.45. The largest absolute Gasteiger partial charge is 0.510 e. The minimum Gasteiger partial charge on any atom is -0.510 e. The first kappa shape index (κ1) is 28.6. The van der Waals surface area contributed by atoms with Gasteiger partial charge in [0.2, 0.25) is 5.78 Å². The third kappa shape index (κ3) is 4.17. The van der Waals surface area contributed by atoms with Gasteiger partial charge in [0.25, 0.3) is 5.91 Å². The second-order valence-corrected chi connectivity index (χ2v) is 12.0. The Bertz CT molecular complexity index is 1670. The molecular formula is C32H34N4O7. The van der Waals surface area contributed by atoms with Crippen molar-refractivity contribution in [2.24, 2.45) is 22.6 Å². The van der Waals surface area contributed by atoms with Crippen molar-refractivity contribution in [3.05, 3.63) is 70.2 Å². The van der Waals surface area contributed by atoms with Crippen LogP contribution in [0.3, 0.4) is 0 Å². The summed E-state index contributed by atoms with van der Waals surface area (Å²) in [7, 11) is 5.22. The molecule has 0 saturated carbocycles. The second-order valence-electron chi connectivity index (χ2n) is 12.0. The Morgan fingerprint density at radius 1 is 1.09 bits per heavy atom. The molecule has 3 aliphatic carbocycles. The van der Waals surface area contributed by atoms with E-state index in [9.17, 15) is 34.8 Å². The Kier molecular flexibility index (Phi) is 6.70. The molecule has 0 bridgehead atoms. The van der Waals surface area contributed by atoms with E-state index in [0.717, 1.165) is 42.0 Å². The summed E-state index contributed by atoms with van der Waals surface area (Å²) in [4.78, 5) is 48.0. The van der Waals surface area contributed by atoms with Crippen molar-refractivity contribution < 1.29 is 34.8 Å². The molecule has 1 aliphatic heterocycles. The second kappa shape index (κ2) is 10.1. The number of phenolic OH excluding ortho intramolecular Hbond substituents is 1. The summed E-state index contributed by atoms with van der Waals surface area (Å²) >= 11 is 0. The lowest BCUT2D eigenvalue weighted by Gasteiger charge is -2.50. The fourth-order valence-electron chi connectivity index (χ4n) is 7.32. The molecular weight excluding hydrogens is 552 g/mol. The standard InChI is InChI=1S/C32H34N4O7/c1-35(2)26-20-14-16-13-19-18(15-6-8-17(9-7-15)34-22-5-4-12-36(22)3)10-11-21(37)24(19)27(38)23(16)29(40)32(20,43)30(41)25(28(26)39)31(33)42/h6-11,16,20,26,37,39-40,43H,4-5,12-14H2,1-3H3,(H2,33,42)/t16-,20-,26-,32-/m0/s1. The number of likely N-dealkylation sites (N-methyl/N-ethyl adjacent to an activating group) is 1. The van der Waals surface area contributed by atoms with Crippen LogP contribution in [0.2, 0.25) is 0 Å². The Morgan fingerprint density at radius 3 is 2.40 bits per heavy atom. The number of aromatic hydroxyl groups is 1. The van der Waals surface area contributed by atoms with E-state index in [1.54, 1.807) is 20.2 Å². The third-order valence-corrected chi connectivity index (χ3v) is 9.38. The molecule has 1 heterocycles. The molecule has 6 rings (SSSR count). The van der Waals surface area contributed by atoms with Crippen LogP contribution in [-0.2, 0) is 16.0 Å². The molecule has 1 saturated heterocycles. The summed E-state index contributed by atoms with van der Waals surface area (Å²) in [5.41, 5.74) is 4.61. The Labute approximate surface area is 248 Å². The molecule has 43 heavy (non-hydrogen) atoms. The molecule has 1 amide bonds. The Hall–Kier alpha value is -4.48. The molecule has 0 spiro atoms. The van der Waals surface area contributed by atoms with Crippen LogP contribution in [0.25, 0.3) is 11.1 Å². The van der Waals surface area contributed by atoms with Crippen LogP contribution in [0.5, 0.6) is 5.75 Å². The number of carbonyl (C=O) groups excluding carboxylic acids is 3. The van der Waals surface area contributed by atoms with E-state index in [-0.39, 0.29) is 29.7 Å². The van der Waals surface area contributed by atoms with E-state index in [0.29, 0.717) is 5.56 Å². The molecule has 11 nitrogen and oxygen atoms in total. The van der Waals surface area contributed by atoms with Gasteiger partial charge in [-0.2, -0.15) is 0 Å². The van der Waals surface area contributed by atoms with E-state index >= 15 is 0 Å². The van der Waals surface area contributed by atoms with E-state index in [1.165, 1.54) is 11.0 Å². The SMILES string of the molecule is CN1CCCC1=Nc1ccc(-c2ccc(O)c3c2C[C@H]2C[C@H]4[C@H](N(C)C)C(O)=C(C(N)=O)C(=O)[C@@]4(O)C(O)=C2C3=O)cc1. The number of ketones is 2. The first-order valence-corrected chi connectivity index (χ1v) is 14.2. The van der Waals surface area contributed by atoms with Crippen LogP contribution in [-0.4, -0.2) is 92.9 Å². The van der Waals surface area contributed by atoms with Crippen LogP contribution in [0.4, 0.5) is 5.69 Å². The van der Waals surface area contributed by atoms with Gasteiger partial charge in [0, 0.05) is 31.5 Å². The average molecular weight is 587 g/mol. The minimum atomic E-state index is -2.66. The number of rotatable bonds is 4. The molecule has 4 aliphatic rings. The number of allylic oxidation sites excluding steroid dienone is 1. The van der Waals surface area contributed by atoms with Crippen molar-refractivity contribution in [2.75, 3.05) is 27.7 Å². The van der Waals surface area contributed by atoms with E-state index in [1.807, 2.05) is 31.3 Å². The molecule has 224 valence electrons. The van der Waals surface area contributed by atoms with Crippen molar-refractivity contribution in [1.82, 2.24) is 9.80 Å². The number of hydrogen-bond donors (Lipinski definition) is 5. The minimum absolute atomic E-state index is 0.0183. The molecule has 1 fully saturated rings. The lowest BCUT2D eigenvalue weighted by atomic mass is 9.58. The van der Waals surface area contributed by atoms with Crippen LogP contribution in [0.1, 0.15) is 35.2 Å². The molecule has 0 unspecified atom stereocenters. The highest BCUT2D eigenvalue weighted by atomic mass is 16.3. The van der Waals surface area contributed by atoms with Crippen LogP contribution in [0.15, 0.2) is 64.1 Å². The number of benzene rings is 2. The molecule has 11 heteroatoms. The monoisotopic (exact) mass is 586 g/mol. The number of amides is 1. The van der Waals surface area contributed by atoms with Crippen molar-refractivity contribution in [3.8, 4) is 16.9 Å². The fraction of sp³-hybridized carbons (Fsp3) is 0.375. The predicted octanol–water partition coefficient (Wildman–Crippen LogP) is 2.54. The number of nitrogens with zero attached hydrogens (tertiary/aromatic N) is 3. The van der Waals surface area contributed by atoms with Crippen molar-refractivity contribution >= 4 is 29.0 Å². The van der Waals surface area contributed by atoms with Gasteiger partial charge in [-0.1, -0.05) is 18.2 Å².